The van der Waals surface area contributed by atoms with Gasteiger partial charge in [-0.25, -0.2) is 15.0 Å². The zero-order valence-electron chi connectivity index (χ0n) is 15.1. The van der Waals surface area contributed by atoms with E-state index in [4.69, 9.17) is 11.6 Å². The number of hydrogen-bond acceptors (Lipinski definition) is 7. The van der Waals surface area contributed by atoms with Gasteiger partial charge in [0.2, 0.25) is 0 Å². The molecule has 1 amide bonds. The third kappa shape index (κ3) is 5.05. The molecule has 9 heteroatoms. The van der Waals surface area contributed by atoms with Crippen molar-refractivity contribution >= 4 is 51.6 Å². The van der Waals surface area contributed by atoms with Crippen molar-refractivity contribution in [1.29, 1.82) is 0 Å². The molecule has 0 aliphatic carbocycles. The average molecular weight is 400 g/mol. The second-order valence-corrected chi connectivity index (χ2v) is 9.14. The molecule has 2 heterocycles. The van der Waals surface area contributed by atoms with Gasteiger partial charge in [-0.2, -0.15) is 0 Å². The van der Waals surface area contributed by atoms with E-state index in [1.165, 1.54) is 29.3 Å². The predicted octanol–water partition coefficient (Wildman–Crippen LogP) is 4.49. The van der Waals surface area contributed by atoms with Crippen LogP contribution in [0.15, 0.2) is 11.4 Å². The number of anilines is 2. The van der Waals surface area contributed by atoms with E-state index in [0.717, 1.165) is 5.69 Å². The summed E-state index contributed by atoms with van der Waals surface area (Å²) in [5, 5.41) is 7.16. The molecule has 0 aliphatic rings. The summed E-state index contributed by atoms with van der Waals surface area (Å²) in [6.45, 7) is 9.96. The topological polar surface area (TPSA) is 79.8 Å². The van der Waals surface area contributed by atoms with Gasteiger partial charge in [0.25, 0.3) is 5.91 Å². The summed E-state index contributed by atoms with van der Waals surface area (Å²) in [6, 6.07) is 0.0161. The molecular weight excluding hydrogens is 378 g/mol. The lowest BCUT2D eigenvalue weighted by atomic mass is 9.93. The molecule has 2 N–H and O–H groups in total. The molecule has 6 nitrogen and oxygen atoms in total. The van der Waals surface area contributed by atoms with Crippen molar-refractivity contribution in [2.45, 2.75) is 51.2 Å². The minimum Gasteiger partial charge on any atom is -0.350 e. The molecule has 0 spiro atoms. The fourth-order valence-corrected chi connectivity index (χ4v) is 3.77. The molecule has 2 rings (SSSR count). The maximum absolute atomic E-state index is 12.4. The molecule has 0 atom stereocenters. The van der Waals surface area contributed by atoms with Gasteiger partial charge in [-0.15, -0.1) is 0 Å². The third-order valence-electron chi connectivity index (χ3n) is 3.14. The van der Waals surface area contributed by atoms with Crippen molar-refractivity contribution in [3.63, 3.8) is 0 Å². The standard InChI is InChI=1S/C16H22ClN5OS2/c1-8(2)19-13(23)9-7-18-14(24-6)21-12(9)22-15-20-10(11(17)25-15)16(3,4)5/h7-8H,1-6H3,(H,19,23)(H,18,20,21,22). The highest BCUT2D eigenvalue weighted by Gasteiger charge is 2.23. The Labute approximate surface area is 161 Å². The molecule has 25 heavy (non-hydrogen) atoms. The number of aromatic nitrogens is 3. The number of amides is 1. The van der Waals surface area contributed by atoms with Crippen molar-refractivity contribution in [1.82, 2.24) is 20.3 Å². The van der Waals surface area contributed by atoms with Gasteiger partial charge in [0.15, 0.2) is 10.3 Å². The van der Waals surface area contributed by atoms with E-state index in [9.17, 15) is 4.79 Å². The summed E-state index contributed by atoms with van der Waals surface area (Å²) < 4.78 is 0.627. The lowest BCUT2D eigenvalue weighted by Crippen LogP contribution is -2.31. The van der Waals surface area contributed by atoms with Crippen molar-refractivity contribution in [2.75, 3.05) is 11.6 Å². The van der Waals surface area contributed by atoms with Crippen molar-refractivity contribution in [3.05, 3.63) is 21.8 Å². The van der Waals surface area contributed by atoms with E-state index in [1.807, 2.05) is 20.1 Å². The summed E-state index contributed by atoms with van der Waals surface area (Å²) in [4.78, 5) is 25.6. The van der Waals surface area contributed by atoms with Crippen LogP contribution in [0.5, 0.6) is 0 Å². The Morgan fingerprint density at radius 3 is 2.52 bits per heavy atom. The largest absolute Gasteiger partial charge is 0.350 e. The SMILES string of the molecule is CSc1ncc(C(=O)NC(C)C)c(Nc2nc(C(C)(C)C)c(Cl)s2)n1. The number of nitrogens with zero attached hydrogens (tertiary/aromatic N) is 3. The predicted molar refractivity (Wildman–Crippen MR) is 106 cm³/mol. The molecule has 0 fully saturated rings. The zero-order valence-corrected chi connectivity index (χ0v) is 17.5. The number of halogens is 1. The Morgan fingerprint density at radius 1 is 1.32 bits per heavy atom. The number of rotatable bonds is 5. The Balaban J connectivity index is 2.39. The normalized spacial score (nSPS) is 11.7. The van der Waals surface area contributed by atoms with Crippen molar-refractivity contribution < 1.29 is 4.79 Å². The first-order valence-electron chi connectivity index (χ1n) is 7.77. The van der Waals surface area contributed by atoms with Crippen molar-refractivity contribution in [2.24, 2.45) is 0 Å². The van der Waals surface area contributed by atoms with Gasteiger partial charge in [0, 0.05) is 17.7 Å². The van der Waals surface area contributed by atoms with Gasteiger partial charge in [-0.3, -0.25) is 4.79 Å². The van der Waals surface area contributed by atoms with E-state index in [-0.39, 0.29) is 17.4 Å². The lowest BCUT2D eigenvalue weighted by Gasteiger charge is -2.15. The second-order valence-electron chi connectivity index (χ2n) is 6.76. The second kappa shape index (κ2) is 7.88. The monoisotopic (exact) mass is 399 g/mol. The molecule has 2 aromatic heterocycles. The minimum atomic E-state index is -0.233. The molecule has 2 aromatic rings. The van der Waals surface area contributed by atoms with Crippen LogP contribution < -0.4 is 10.6 Å². The Kier molecular flexibility index (Phi) is 6.29. The summed E-state index contributed by atoms with van der Waals surface area (Å²) >= 11 is 9.06. The number of hydrogen-bond donors (Lipinski definition) is 2. The zero-order chi connectivity index (χ0) is 18.8. The fourth-order valence-electron chi connectivity index (χ4n) is 1.98. The highest BCUT2D eigenvalue weighted by molar-refractivity contribution is 7.98. The molecule has 0 aliphatic heterocycles. The first-order chi connectivity index (χ1) is 11.6. The summed E-state index contributed by atoms with van der Waals surface area (Å²) in [7, 11) is 0. The Bertz CT molecular complexity index is 770. The number of carbonyl (C=O) groups excluding carboxylic acids is 1. The van der Waals surface area contributed by atoms with E-state index in [1.54, 1.807) is 0 Å². The van der Waals surface area contributed by atoms with E-state index >= 15 is 0 Å². The van der Waals surface area contributed by atoms with Crippen LogP contribution in [0.4, 0.5) is 10.9 Å². The van der Waals surface area contributed by atoms with E-state index < -0.39 is 0 Å². The van der Waals surface area contributed by atoms with Gasteiger partial charge < -0.3 is 10.6 Å². The molecule has 0 unspecified atom stereocenters. The number of thioether (sulfide) groups is 1. The van der Waals surface area contributed by atoms with Gasteiger partial charge in [0.1, 0.15) is 15.7 Å². The lowest BCUT2D eigenvalue weighted by molar-refractivity contribution is 0.0943. The highest BCUT2D eigenvalue weighted by Crippen LogP contribution is 2.37. The van der Waals surface area contributed by atoms with Gasteiger partial charge >= 0.3 is 0 Å². The van der Waals surface area contributed by atoms with Crippen LogP contribution in [0, 0.1) is 0 Å². The molecular formula is C16H22ClN5OS2. The van der Waals surface area contributed by atoms with Crippen LogP contribution in [0.3, 0.4) is 0 Å². The van der Waals surface area contributed by atoms with Gasteiger partial charge in [0.05, 0.1) is 5.69 Å². The minimum absolute atomic E-state index is 0.0161. The summed E-state index contributed by atoms with van der Waals surface area (Å²) in [5.74, 6) is 0.187. The average Bonchev–Trinajstić information content (AvgIpc) is 2.87. The molecule has 136 valence electrons. The van der Waals surface area contributed by atoms with E-state index in [0.29, 0.717) is 26.0 Å². The molecule has 0 aromatic carbocycles. The van der Waals surface area contributed by atoms with Crippen LogP contribution >= 0.6 is 34.7 Å². The molecule has 0 saturated heterocycles. The quantitative estimate of drug-likeness (QED) is 0.569. The van der Waals surface area contributed by atoms with Crippen LogP contribution in [0.2, 0.25) is 4.34 Å². The first kappa shape index (κ1) is 19.9. The molecule has 0 saturated carbocycles. The van der Waals surface area contributed by atoms with Crippen molar-refractivity contribution in [3.8, 4) is 0 Å². The van der Waals surface area contributed by atoms with Crippen LogP contribution in [0.25, 0.3) is 0 Å². The smallest absolute Gasteiger partial charge is 0.256 e. The van der Waals surface area contributed by atoms with E-state index in [2.05, 4.69) is 46.4 Å². The highest BCUT2D eigenvalue weighted by atomic mass is 35.5. The van der Waals surface area contributed by atoms with Gasteiger partial charge in [-0.05, 0) is 20.1 Å². The first-order valence-corrected chi connectivity index (χ1v) is 10.2. The fraction of sp³-hybridized carbons (Fsp3) is 0.500. The summed E-state index contributed by atoms with van der Waals surface area (Å²) in [6.07, 6.45) is 3.41. The number of carbonyl (C=O) groups is 1. The third-order valence-corrected chi connectivity index (χ3v) is 4.87. The maximum Gasteiger partial charge on any atom is 0.256 e. The Morgan fingerprint density at radius 2 is 2.00 bits per heavy atom. The molecule has 0 bridgehead atoms. The van der Waals surface area contributed by atoms with Gasteiger partial charge in [-0.1, -0.05) is 55.5 Å². The Hall–Kier alpha value is -1.38. The summed E-state index contributed by atoms with van der Waals surface area (Å²) in [5.41, 5.74) is 1.02. The maximum atomic E-state index is 12.4. The van der Waals surface area contributed by atoms with Crippen LogP contribution in [-0.2, 0) is 5.41 Å². The van der Waals surface area contributed by atoms with Crippen LogP contribution in [0.1, 0.15) is 50.7 Å². The number of nitrogens with one attached hydrogen (secondary N) is 2. The number of thiazole rings is 1. The van der Waals surface area contributed by atoms with Crippen LogP contribution in [-0.4, -0.2) is 33.2 Å². The molecule has 0 radical (unpaired) electrons.